The normalized spacial score (nSPS) is 25.4. The van der Waals surface area contributed by atoms with E-state index in [1.807, 2.05) is 29.2 Å². The molecular formula is C15H18ClN2O. The molecule has 1 aliphatic carbocycles. The second-order valence-electron chi connectivity index (χ2n) is 5.47. The number of carbonyl (C=O) groups is 1. The maximum absolute atomic E-state index is 12.1. The monoisotopic (exact) mass is 277 g/mol. The van der Waals surface area contributed by atoms with Crippen LogP contribution < -0.4 is 5.32 Å². The zero-order valence-electron chi connectivity index (χ0n) is 10.8. The van der Waals surface area contributed by atoms with Gasteiger partial charge in [-0.2, -0.15) is 0 Å². The average molecular weight is 278 g/mol. The van der Waals surface area contributed by atoms with Crippen LogP contribution in [0.4, 0.5) is 4.79 Å². The van der Waals surface area contributed by atoms with Gasteiger partial charge in [0.05, 0.1) is 0 Å². The third kappa shape index (κ3) is 2.86. The molecule has 3 nitrogen and oxygen atoms in total. The van der Waals surface area contributed by atoms with Crippen LogP contribution in [0.5, 0.6) is 0 Å². The molecule has 0 aromatic heterocycles. The van der Waals surface area contributed by atoms with Crippen molar-refractivity contribution in [1.29, 1.82) is 0 Å². The smallest absolute Gasteiger partial charge is 0.317 e. The van der Waals surface area contributed by atoms with Gasteiger partial charge in [-0.25, -0.2) is 4.79 Å². The first-order chi connectivity index (χ1) is 9.22. The lowest BCUT2D eigenvalue weighted by Gasteiger charge is -2.18. The van der Waals surface area contributed by atoms with Crippen molar-refractivity contribution in [3.63, 3.8) is 0 Å². The molecule has 19 heavy (non-hydrogen) atoms. The van der Waals surface area contributed by atoms with Gasteiger partial charge in [-0.1, -0.05) is 23.7 Å². The molecule has 3 rings (SSSR count). The van der Waals surface area contributed by atoms with Crippen LogP contribution in [-0.4, -0.2) is 24.0 Å². The molecule has 1 radical (unpaired) electrons. The Morgan fingerprint density at radius 1 is 1.32 bits per heavy atom. The van der Waals surface area contributed by atoms with E-state index in [-0.39, 0.29) is 6.03 Å². The van der Waals surface area contributed by atoms with Crippen molar-refractivity contribution < 1.29 is 4.79 Å². The molecule has 2 amide bonds. The fraction of sp³-hybridized carbons (Fsp3) is 0.467. The molecule has 2 aliphatic rings. The number of amides is 2. The Bertz CT molecular complexity index is 465. The van der Waals surface area contributed by atoms with E-state index in [1.54, 1.807) is 0 Å². The number of fused-ring (bicyclic) bond motifs is 1. The van der Waals surface area contributed by atoms with E-state index in [2.05, 4.69) is 11.7 Å². The highest BCUT2D eigenvalue weighted by molar-refractivity contribution is 6.30. The molecule has 0 bridgehead atoms. The molecule has 1 saturated carbocycles. The van der Waals surface area contributed by atoms with E-state index >= 15 is 0 Å². The summed E-state index contributed by atoms with van der Waals surface area (Å²) in [5, 5.41) is 3.68. The Morgan fingerprint density at radius 3 is 2.74 bits per heavy atom. The van der Waals surface area contributed by atoms with Gasteiger partial charge in [-0.3, -0.25) is 0 Å². The van der Waals surface area contributed by atoms with Crippen molar-refractivity contribution in [2.75, 3.05) is 13.1 Å². The number of carbonyl (C=O) groups excluding carboxylic acids is 1. The van der Waals surface area contributed by atoms with Crippen molar-refractivity contribution in [1.82, 2.24) is 10.2 Å². The Balaban J connectivity index is 1.52. The number of urea groups is 1. The highest BCUT2D eigenvalue weighted by Gasteiger charge is 2.37. The minimum atomic E-state index is 0.0503. The first kappa shape index (κ1) is 12.8. The van der Waals surface area contributed by atoms with E-state index in [0.29, 0.717) is 23.4 Å². The molecule has 1 aromatic rings. The van der Waals surface area contributed by atoms with Crippen LogP contribution in [0.15, 0.2) is 24.3 Å². The van der Waals surface area contributed by atoms with Gasteiger partial charge in [-0.15, -0.1) is 0 Å². The van der Waals surface area contributed by atoms with Gasteiger partial charge >= 0.3 is 6.03 Å². The van der Waals surface area contributed by atoms with Crippen LogP contribution in [0.2, 0.25) is 5.02 Å². The number of hydrogen-bond donors (Lipinski definition) is 1. The number of nitrogens with one attached hydrogen (secondary N) is 1. The molecule has 2 unspecified atom stereocenters. The minimum absolute atomic E-state index is 0.0503. The first-order valence-corrected chi connectivity index (χ1v) is 7.19. The lowest BCUT2D eigenvalue weighted by atomic mass is 10.0. The fourth-order valence-corrected chi connectivity index (χ4v) is 3.31. The third-order valence-corrected chi connectivity index (χ3v) is 4.37. The van der Waals surface area contributed by atoms with Gasteiger partial charge < -0.3 is 10.2 Å². The van der Waals surface area contributed by atoms with E-state index in [1.165, 1.54) is 12.8 Å². The molecule has 1 heterocycles. The van der Waals surface area contributed by atoms with Crippen molar-refractivity contribution in [2.45, 2.75) is 19.4 Å². The summed E-state index contributed by atoms with van der Waals surface area (Å²) >= 11 is 5.93. The number of hydrogen-bond acceptors (Lipinski definition) is 1. The Kier molecular flexibility index (Phi) is 3.65. The minimum Gasteiger partial charge on any atom is -0.334 e. The summed E-state index contributed by atoms with van der Waals surface area (Å²) in [7, 11) is 0. The van der Waals surface area contributed by atoms with E-state index < -0.39 is 0 Å². The van der Waals surface area contributed by atoms with Crippen LogP contribution >= 0.6 is 11.6 Å². The number of rotatable bonds is 2. The van der Waals surface area contributed by atoms with Crippen molar-refractivity contribution in [3.05, 3.63) is 41.3 Å². The molecule has 0 spiro atoms. The quantitative estimate of drug-likeness (QED) is 0.885. The summed E-state index contributed by atoms with van der Waals surface area (Å²) in [6, 6.07) is 7.65. The number of nitrogens with zero attached hydrogens (tertiary/aromatic N) is 1. The summed E-state index contributed by atoms with van der Waals surface area (Å²) in [6.45, 7) is 2.35. The number of halogens is 1. The van der Waals surface area contributed by atoms with Gasteiger partial charge in [-0.05, 0) is 48.8 Å². The zero-order valence-corrected chi connectivity index (χ0v) is 11.6. The van der Waals surface area contributed by atoms with Crippen molar-refractivity contribution >= 4 is 17.6 Å². The average Bonchev–Trinajstić information content (AvgIpc) is 2.96. The SMILES string of the molecule is O=C(NCc1cccc(Cl)c1)N1CC2C[CH]CC2C1. The molecule has 1 aliphatic heterocycles. The van der Waals surface area contributed by atoms with Crippen LogP contribution in [-0.2, 0) is 6.54 Å². The van der Waals surface area contributed by atoms with E-state index in [4.69, 9.17) is 11.6 Å². The Hall–Kier alpha value is -1.22. The van der Waals surface area contributed by atoms with Gasteiger partial charge in [0.2, 0.25) is 0 Å². The molecule has 2 atom stereocenters. The number of likely N-dealkylation sites (tertiary alicyclic amines) is 1. The molecular weight excluding hydrogens is 260 g/mol. The largest absolute Gasteiger partial charge is 0.334 e. The van der Waals surface area contributed by atoms with E-state index in [9.17, 15) is 4.79 Å². The predicted octanol–water partition coefficient (Wildman–Crippen LogP) is 3.10. The third-order valence-electron chi connectivity index (χ3n) is 4.14. The van der Waals surface area contributed by atoms with Gasteiger partial charge in [0.15, 0.2) is 0 Å². The Labute approximate surface area is 118 Å². The molecule has 4 heteroatoms. The van der Waals surface area contributed by atoms with Crippen LogP contribution in [0.1, 0.15) is 18.4 Å². The lowest BCUT2D eigenvalue weighted by Crippen LogP contribution is -2.38. The number of benzene rings is 1. The Morgan fingerprint density at radius 2 is 2.05 bits per heavy atom. The van der Waals surface area contributed by atoms with E-state index in [0.717, 1.165) is 18.7 Å². The lowest BCUT2D eigenvalue weighted by molar-refractivity contribution is 0.205. The van der Waals surface area contributed by atoms with Crippen molar-refractivity contribution in [3.8, 4) is 0 Å². The molecule has 101 valence electrons. The molecule has 2 fully saturated rings. The second kappa shape index (κ2) is 5.41. The van der Waals surface area contributed by atoms with Gasteiger partial charge in [0.25, 0.3) is 0 Å². The van der Waals surface area contributed by atoms with Crippen LogP contribution in [0, 0.1) is 18.3 Å². The highest BCUT2D eigenvalue weighted by atomic mass is 35.5. The predicted molar refractivity (Wildman–Crippen MR) is 75.8 cm³/mol. The summed E-state index contributed by atoms with van der Waals surface area (Å²) in [5.74, 6) is 1.38. The second-order valence-corrected chi connectivity index (χ2v) is 5.91. The first-order valence-electron chi connectivity index (χ1n) is 6.81. The summed E-state index contributed by atoms with van der Waals surface area (Å²) < 4.78 is 0. The summed E-state index contributed by atoms with van der Waals surface area (Å²) in [4.78, 5) is 14.1. The van der Waals surface area contributed by atoms with Crippen LogP contribution in [0.3, 0.4) is 0 Å². The van der Waals surface area contributed by atoms with Crippen molar-refractivity contribution in [2.24, 2.45) is 11.8 Å². The van der Waals surface area contributed by atoms with Gasteiger partial charge in [0.1, 0.15) is 0 Å². The highest BCUT2D eigenvalue weighted by Crippen LogP contribution is 2.36. The topological polar surface area (TPSA) is 32.3 Å². The standard InChI is InChI=1S/C15H18ClN2O/c16-14-6-1-3-11(7-14)8-17-15(19)18-9-12-4-2-5-13(12)10-18/h1-3,6-7,12-13H,4-5,8-10H2,(H,17,19). The molecule has 1 aromatic carbocycles. The summed E-state index contributed by atoms with van der Waals surface area (Å²) in [5.41, 5.74) is 1.04. The molecule has 1 N–H and O–H groups in total. The summed E-state index contributed by atoms with van der Waals surface area (Å²) in [6.07, 6.45) is 4.70. The zero-order chi connectivity index (χ0) is 13.2. The maximum Gasteiger partial charge on any atom is 0.317 e. The van der Waals surface area contributed by atoms with Crippen LogP contribution in [0.25, 0.3) is 0 Å². The molecule has 1 saturated heterocycles. The maximum atomic E-state index is 12.1. The fourth-order valence-electron chi connectivity index (χ4n) is 3.10. The van der Waals surface area contributed by atoms with Gasteiger partial charge in [0, 0.05) is 24.7 Å².